The summed E-state index contributed by atoms with van der Waals surface area (Å²) in [5, 5.41) is 0.543. The van der Waals surface area contributed by atoms with Crippen LogP contribution >= 0.6 is 11.6 Å². The molecule has 0 saturated heterocycles. The fourth-order valence-electron chi connectivity index (χ4n) is 0.419. The molecular weight excluding hydrogens is 126 g/mol. The number of H-pyrrole nitrogens is 1. The summed E-state index contributed by atoms with van der Waals surface area (Å²) in [4.78, 5) is 2.68. The zero-order valence-corrected chi connectivity index (χ0v) is 5.12. The van der Waals surface area contributed by atoms with Crippen molar-refractivity contribution in [2.24, 2.45) is 0 Å². The van der Waals surface area contributed by atoms with Crippen LogP contribution in [0.4, 0.5) is 0 Å². The molecule has 0 atom stereocenters. The van der Waals surface area contributed by atoms with E-state index in [1.54, 1.807) is 13.2 Å². The van der Waals surface area contributed by atoms with Crippen LogP contribution in [-0.4, -0.2) is 12.1 Å². The van der Waals surface area contributed by atoms with Crippen LogP contribution in [0.15, 0.2) is 6.07 Å². The van der Waals surface area contributed by atoms with E-state index in [-0.39, 0.29) is 0 Å². The highest BCUT2D eigenvalue weighted by atomic mass is 35.5. The van der Waals surface area contributed by atoms with Gasteiger partial charge >= 0.3 is 0 Å². The fourth-order valence-corrected chi connectivity index (χ4v) is 0.565. The van der Waals surface area contributed by atoms with Crippen molar-refractivity contribution in [3.8, 4) is 5.88 Å². The van der Waals surface area contributed by atoms with Crippen LogP contribution in [0.3, 0.4) is 0 Å². The van der Waals surface area contributed by atoms with Crippen molar-refractivity contribution < 1.29 is 4.74 Å². The Morgan fingerprint density at radius 1 is 1.88 bits per heavy atom. The standard InChI is InChI=1S/C5H5ClNO/c1-8-5-2-4(6)3-7-5/h2,7H,1H3. The third-order valence-corrected chi connectivity index (χ3v) is 0.986. The van der Waals surface area contributed by atoms with E-state index in [2.05, 4.69) is 11.2 Å². The Labute approximate surface area is 52.4 Å². The third kappa shape index (κ3) is 0.954. The number of ether oxygens (including phenoxy) is 1. The first kappa shape index (κ1) is 5.51. The molecule has 0 amide bonds. The Balaban J connectivity index is 2.84. The first-order valence-corrected chi connectivity index (χ1v) is 2.51. The maximum Gasteiger partial charge on any atom is 0.192 e. The van der Waals surface area contributed by atoms with E-state index < -0.39 is 0 Å². The van der Waals surface area contributed by atoms with Crippen molar-refractivity contribution in [3.05, 3.63) is 17.3 Å². The van der Waals surface area contributed by atoms with Crippen molar-refractivity contribution in [1.82, 2.24) is 4.98 Å². The van der Waals surface area contributed by atoms with Crippen molar-refractivity contribution in [1.29, 1.82) is 0 Å². The van der Waals surface area contributed by atoms with Crippen LogP contribution in [0, 0.1) is 6.20 Å². The van der Waals surface area contributed by atoms with E-state index in [0.29, 0.717) is 10.9 Å². The molecule has 8 heavy (non-hydrogen) atoms. The molecule has 1 aromatic heterocycles. The summed E-state index contributed by atoms with van der Waals surface area (Å²) in [5.41, 5.74) is 0. The number of hydrogen-bond acceptors (Lipinski definition) is 1. The summed E-state index contributed by atoms with van der Waals surface area (Å²) < 4.78 is 4.76. The monoisotopic (exact) mass is 130 g/mol. The molecule has 1 rings (SSSR count). The number of aromatic amines is 1. The maximum atomic E-state index is 5.47. The number of rotatable bonds is 1. The highest BCUT2D eigenvalue weighted by Gasteiger charge is 1.92. The van der Waals surface area contributed by atoms with Gasteiger partial charge in [-0.15, -0.1) is 0 Å². The first-order chi connectivity index (χ1) is 3.83. The van der Waals surface area contributed by atoms with Crippen molar-refractivity contribution in [2.75, 3.05) is 7.11 Å². The lowest BCUT2D eigenvalue weighted by Gasteiger charge is -1.87. The second-order valence-electron chi connectivity index (χ2n) is 1.31. The normalized spacial score (nSPS) is 9.25. The quantitative estimate of drug-likeness (QED) is 0.612. The lowest BCUT2D eigenvalue weighted by atomic mass is 10.6. The molecular formula is C5H5ClNO. The van der Waals surface area contributed by atoms with Crippen molar-refractivity contribution in [3.63, 3.8) is 0 Å². The van der Waals surface area contributed by atoms with Gasteiger partial charge in [-0.05, 0) is 0 Å². The maximum absolute atomic E-state index is 5.47. The summed E-state index contributed by atoms with van der Waals surface area (Å²) in [6, 6.07) is 1.65. The van der Waals surface area contributed by atoms with Gasteiger partial charge in [0.1, 0.15) is 0 Å². The van der Waals surface area contributed by atoms with Crippen LogP contribution in [0.1, 0.15) is 0 Å². The molecule has 0 aliphatic rings. The summed E-state index contributed by atoms with van der Waals surface area (Å²) in [5.74, 6) is 0.634. The van der Waals surface area contributed by atoms with Gasteiger partial charge in [-0.2, -0.15) is 0 Å². The largest absolute Gasteiger partial charge is 0.482 e. The smallest absolute Gasteiger partial charge is 0.192 e. The van der Waals surface area contributed by atoms with Crippen molar-refractivity contribution >= 4 is 11.6 Å². The van der Waals surface area contributed by atoms with E-state index in [1.807, 2.05) is 0 Å². The van der Waals surface area contributed by atoms with Gasteiger partial charge in [-0.1, -0.05) is 11.6 Å². The van der Waals surface area contributed by atoms with Crippen LogP contribution in [0.25, 0.3) is 0 Å². The molecule has 1 aromatic rings. The van der Waals surface area contributed by atoms with Gasteiger partial charge in [0, 0.05) is 6.07 Å². The highest BCUT2D eigenvalue weighted by molar-refractivity contribution is 6.30. The molecule has 1 radical (unpaired) electrons. The fraction of sp³-hybridized carbons (Fsp3) is 0.200. The molecule has 0 aromatic carbocycles. The second kappa shape index (κ2) is 2.09. The summed E-state index contributed by atoms with van der Waals surface area (Å²) >= 11 is 5.47. The number of hydrogen-bond donors (Lipinski definition) is 1. The minimum Gasteiger partial charge on any atom is -0.482 e. The van der Waals surface area contributed by atoms with Crippen molar-refractivity contribution in [2.45, 2.75) is 0 Å². The van der Waals surface area contributed by atoms with Gasteiger partial charge in [0.2, 0.25) is 0 Å². The van der Waals surface area contributed by atoms with Gasteiger partial charge < -0.3 is 9.72 Å². The SMILES string of the molecule is COc1cc(Cl)[c][nH]1. The third-order valence-electron chi connectivity index (χ3n) is 0.783. The Hall–Kier alpha value is -0.630. The Morgan fingerprint density at radius 2 is 2.62 bits per heavy atom. The predicted octanol–water partition coefficient (Wildman–Crippen LogP) is 1.48. The van der Waals surface area contributed by atoms with Crippen LogP contribution < -0.4 is 4.74 Å². The summed E-state index contributed by atoms with van der Waals surface area (Å²) in [6.45, 7) is 0. The molecule has 0 fully saturated rings. The molecule has 0 aliphatic heterocycles. The van der Waals surface area contributed by atoms with Gasteiger partial charge in [0.05, 0.1) is 18.3 Å². The molecule has 0 aliphatic carbocycles. The van der Waals surface area contributed by atoms with Gasteiger partial charge in [-0.3, -0.25) is 0 Å². The van der Waals surface area contributed by atoms with E-state index in [1.165, 1.54) is 0 Å². The Bertz CT molecular complexity index is 173. The first-order valence-electron chi connectivity index (χ1n) is 2.13. The number of aromatic nitrogens is 1. The molecule has 1 heterocycles. The lowest BCUT2D eigenvalue weighted by Crippen LogP contribution is -1.78. The molecule has 0 unspecified atom stereocenters. The predicted molar refractivity (Wildman–Crippen MR) is 31.2 cm³/mol. The zero-order chi connectivity index (χ0) is 5.98. The van der Waals surface area contributed by atoms with Gasteiger partial charge in [-0.25, -0.2) is 0 Å². The van der Waals surface area contributed by atoms with Crippen LogP contribution in [0.5, 0.6) is 5.88 Å². The van der Waals surface area contributed by atoms with Gasteiger partial charge in [0.15, 0.2) is 5.88 Å². The van der Waals surface area contributed by atoms with Gasteiger partial charge in [0.25, 0.3) is 0 Å². The molecule has 43 valence electrons. The topological polar surface area (TPSA) is 25.0 Å². The number of halogens is 1. The highest BCUT2D eigenvalue weighted by Crippen LogP contribution is 2.13. The Morgan fingerprint density at radius 3 is 2.88 bits per heavy atom. The average molecular weight is 131 g/mol. The van der Waals surface area contributed by atoms with E-state index in [4.69, 9.17) is 16.3 Å². The lowest BCUT2D eigenvalue weighted by molar-refractivity contribution is 0.400. The molecule has 3 heteroatoms. The summed E-state index contributed by atoms with van der Waals surface area (Å²) in [6.07, 6.45) is 2.63. The molecule has 1 N–H and O–H groups in total. The Kier molecular flexibility index (Phi) is 1.44. The number of nitrogens with one attached hydrogen (secondary N) is 1. The van der Waals surface area contributed by atoms with E-state index in [9.17, 15) is 0 Å². The van der Waals surface area contributed by atoms with Crippen LogP contribution in [-0.2, 0) is 0 Å². The second-order valence-corrected chi connectivity index (χ2v) is 1.72. The molecule has 0 bridgehead atoms. The van der Waals surface area contributed by atoms with E-state index in [0.717, 1.165) is 0 Å². The van der Waals surface area contributed by atoms with Crippen LogP contribution in [0.2, 0.25) is 5.02 Å². The molecule has 0 spiro atoms. The molecule has 2 nitrogen and oxygen atoms in total. The minimum absolute atomic E-state index is 0.543. The zero-order valence-electron chi connectivity index (χ0n) is 4.36. The number of methoxy groups -OCH3 is 1. The molecule has 0 saturated carbocycles. The summed E-state index contributed by atoms with van der Waals surface area (Å²) in [7, 11) is 1.57. The average Bonchev–Trinajstić information content (AvgIpc) is 2.14. The minimum atomic E-state index is 0.543. The van der Waals surface area contributed by atoms with E-state index >= 15 is 0 Å².